The normalized spacial score (nSPS) is 10.9. The zero-order chi connectivity index (χ0) is 11.7. The number of hydrogen-bond acceptors (Lipinski definition) is 3. The average molecular weight is 225 g/mol. The molecular formula is C13H11N3O. The number of para-hydroxylation sites is 1. The Hall–Kier alpha value is -2.20. The molecule has 84 valence electrons. The predicted molar refractivity (Wildman–Crippen MR) is 65.2 cm³/mol. The molecule has 0 spiro atoms. The maximum Gasteiger partial charge on any atom is 0.139 e. The van der Waals surface area contributed by atoms with Gasteiger partial charge in [0.2, 0.25) is 0 Å². The number of nitrogens with one attached hydrogen (secondary N) is 1. The van der Waals surface area contributed by atoms with Gasteiger partial charge in [-0.25, -0.2) is 4.98 Å². The Bertz CT molecular complexity index is 655. The fourth-order valence-corrected chi connectivity index (χ4v) is 1.87. The van der Waals surface area contributed by atoms with Gasteiger partial charge in [0, 0.05) is 17.1 Å². The Balaban J connectivity index is 2.23. The van der Waals surface area contributed by atoms with Crippen molar-refractivity contribution in [1.29, 1.82) is 0 Å². The van der Waals surface area contributed by atoms with Crippen LogP contribution >= 0.6 is 0 Å². The Morgan fingerprint density at radius 2 is 2.00 bits per heavy atom. The summed E-state index contributed by atoms with van der Waals surface area (Å²) in [6.07, 6.45) is 3.40. The second-order valence-corrected chi connectivity index (χ2v) is 3.80. The number of fused-ring (bicyclic) bond motifs is 1. The molecule has 17 heavy (non-hydrogen) atoms. The molecule has 2 heterocycles. The van der Waals surface area contributed by atoms with E-state index in [9.17, 15) is 0 Å². The maximum atomic E-state index is 9.02. The first kappa shape index (κ1) is 9.99. The van der Waals surface area contributed by atoms with E-state index >= 15 is 0 Å². The molecule has 0 aliphatic rings. The van der Waals surface area contributed by atoms with E-state index in [0.29, 0.717) is 5.69 Å². The second-order valence-electron chi connectivity index (χ2n) is 3.80. The molecule has 1 aromatic carbocycles. The zero-order valence-corrected chi connectivity index (χ0v) is 9.09. The summed E-state index contributed by atoms with van der Waals surface area (Å²) in [6.45, 7) is -0.0365. The zero-order valence-electron chi connectivity index (χ0n) is 9.09. The summed E-state index contributed by atoms with van der Waals surface area (Å²) in [4.78, 5) is 11.7. The molecular weight excluding hydrogens is 214 g/mol. The van der Waals surface area contributed by atoms with Crippen molar-refractivity contribution in [2.24, 2.45) is 0 Å². The third-order valence-corrected chi connectivity index (χ3v) is 2.69. The van der Waals surface area contributed by atoms with Crippen molar-refractivity contribution >= 4 is 10.9 Å². The number of benzene rings is 1. The van der Waals surface area contributed by atoms with Crippen LogP contribution in [0, 0.1) is 0 Å². The minimum absolute atomic E-state index is 0.0365. The number of nitrogens with zero attached hydrogens (tertiary/aromatic N) is 2. The molecule has 4 heteroatoms. The van der Waals surface area contributed by atoms with Crippen LogP contribution in [0.4, 0.5) is 0 Å². The molecule has 0 unspecified atom stereocenters. The quantitative estimate of drug-likeness (QED) is 0.702. The lowest BCUT2D eigenvalue weighted by Gasteiger charge is -2.02. The number of pyridine rings is 1. The van der Waals surface area contributed by atoms with E-state index < -0.39 is 0 Å². The van der Waals surface area contributed by atoms with Crippen molar-refractivity contribution in [3.63, 3.8) is 0 Å². The third-order valence-electron chi connectivity index (χ3n) is 2.69. The van der Waals surface area contributed by atoms with Crippen LogP contribution in [0.3, 0.4) is 0 Å². The molecule has 0 amide bonds. The topological polar surface area (TPSA) is 61.8 Å². The SMILES string of the molecule is OCc1cnc(-c2cccc3cccnc23)[nH]1. The number of imidazole rings is 1. The number of aliphatic hydroxyl groups excluding tert-OH is 1. The highest BCUT2D eigenvalue weighted by Crippen LogP contribution is 2.24. The molecule has 4 nitrogen and oxygen atoms in total. The van der Waals surface area contributed by atoms with Crippen LogP contribution in [0.25, 0.3) is 22.3 Å². The van der Waals surface area contributed by atoms with Gasteiger partial charge in [-0.3, -0.25) is 4.98 Å². The monoisotopic (exact) mass is 225 g/mol. The van der Waals surface area contributed by atoms with Gasteiger partial charge < -0.3 is 10.1 Å². The van der Waals surface area contributed by atoms with Gasteiger partial charge in [0.15, 0.2) is 0 Å². The molecule has 3 rings (SSSR count). The minimum Gasteiger partial charge on any atom is -0.390 e. The van der Waals surface area contributed by atoms with E-state index in [-0.39, 0.29) is 6.61 Å². The molecule has 3 aromatic rings. The number of aromatic nitrogens is 3. The van der Waals surface area contributed by atoms with Crippen LogP contribution in [0.2, 0.25) is 0 Å². The molecule has 0 fully saturated rings. The van der Waals surface area contributed by atoms with Crippen molar-refractivity contribution in [2.45, 2.75) is 6.61 Å². The minimum atomic E-state index is -0.0365. The van der Waals surface area contributed by atoms with E-state index in [2.05, 4.69) is 15.0 Å². The van der Waals surface area contributed by atoms with Crippen LogP contribution < -0.4 is 0 Å². The fraction of sp³-hybridized carbons (Fsp3) is 0.0769. The lowest BCUT2D eigenvalue weighted by Crippen LogP contribution is -1.87. The van der Waals surface area contributed by atoms with E-state index in [4.69, 9.17) is 5.11 Å². The second kappa shape index (κ2) is 3.99. The highest BCUT2D eigenvalue weighted by molar-refractivity contribution is 5.91. The summed E-state index contributed by atoms with van der Waals surface area (Å²) < 4.78 is 0. The Labute approximate surface area is 98.0 Å². The average Bonchev–Trinajstić information content (AvgIpc) is 2.87. The fourth-order valence-electron chi connectivity index (χ4n) is 1.87. The smallest absolute Gasteiger partial charge is 0.139 e. The van der Waals surface area contributed by atoms with Crippen molar-refractivity contribution in [2.75, 3.05) is 0 Å². The van der Waals surface area contributed by atoms with Gasteiger partial charge in [-0.2, -0.15) is 0 Å². The molecule has 0 saturated heterocycles. The first-order chi connectivity index (χ1) is 8.38. The van der Waals surface area contributed by atoms with Crippen molar-refractivity contribution in [1.82, 2.24) is 15.0 Å². The molecule has 2 N–H and O–H groups in total. The van der Waals surface area contributed by atoms with Gasteiger partial charge in [0.1, 0.15) is 5.82 Å². The van der Waals surface area contributed by atoms with Gasteiger partial charge >= 0.3 is 0 Å². The summed E-state index contributed by atoms with van der Waals surface area (Å²) in [6, 6.07) is 9.88. The summed E-state index contributed by atoms with van der Waals surface area (Å²) >= 11 is 0. The summed E-state index contributed by atoms with van der Waals surface area (Å²) in [5.41, 5.74) is 2.56. The first-order valence-electron chi connectivity index (χ1n) is 5.37. The van der Waals surface area contributed by atoms with Gasteiger partial charge in [0.25, 0.3) is 0 Å². The number of rotatable bonds is 2. The van der Waals surface area contributed by atoms with Crippen molar-refractivity contribution in [3.8, 4) is 11.4 Å². The van der Waals surface area contributed by atoms with Crippen LogP contribution in [-0.2, 0) is 6.61 Å². The van der Waals surface area contributed by atoms with Crippen LogP contribution in [-0.4, -0.2) is 20.1 Å². The summed E-state index contributed by atoms with van der Waals surface area (Å²) in [7, 11) is 0. The van der Waals surface area contributed by atoms with Gasteiger partial charge in [-0.1, -0.05) is 18.2 Å². The van der Waals surface area contributed by atoms with E-state index in [1.165, 1.54) is 0 Å². The number of H-pyrrole nitrogens is 1. The Morgan fingerprint density at radius 1 is 1.12 bits per heavy atom. The number of aliphatic hydroxyl groups is 1. The molecule has 0 bridgehead atoms. The van der Waals surface area contributed by atoms with E-state index in [1.54, 1.807) is 12.4 Å². The van der Waals surface area contributed by atoms with Gasteiger partial charge in [-0.05, 0) is 12.1 Å². The number of hydrogen-bond donors (Lipinski definition) is 2. The van der Waals surface area contributed by atoms with Gasteiger partial charge in [-0.15, -0.1) is 0 Å². The number of aromatic amines is 1. The van der Waals surface area contributed by atoms with Gasteiger partial charge in [0.05, 0.1) is 24.0 Å². The lowest BCUT2D eigenvalue weighted by molar-refractivity contribution is 0.277. The molecule has 0 saturated carbocycles. The van der Waals surface area contributed by atoms with Crippen molar-refractivity contribution in [3.05, 3.63) is 48.4 Å². The molecule has 0 atom stereocenters. The van der Waals surface area contributed by atoms with Crippen LogP contribution in [0.1, 0.15) is 5.69 Å². The Kier molecular flexibility index (Phi) is 2.34. The molecule has 0 aliphatic heterocycles. The summed E-state index contributed by atoms with van der Waals surface area (Å²) in [5, 5.41) is 10.1. The third kappa shape index (κ3) is 1.68. The molecule has 2 aromatic heterocycles. The van der Waals surface area contributed by atoms with Crippen LogP contribution in [0.5, 0.6) is 0 Å². The van der Waals surface area contributed by atoms with Crippen LogP contribution in [0.15, 0.2) is 42.7 Å². The highest BCUT2D eigenvalue weighted by atomic mass is 16.3. The van der Waals surface area contributed by atoms with Crippen molar-refractivity contribution < 1.29 is 5.11 Å². The lowest BCUT2D eigenvalue weighted by atomic mass is 10.1. The summed E-state index contributed by atoms with van der Waals surface area (Å²) in [5.74, 6) is 0.735. The maximum absolute atomic E-state index is 9.02. The predicted octanol–water partition coefficient (Wildman–Crippen LogP) is 2.12. The Morgan fingerprint density at radius 3 is 2.82 bits per heavy atom. The largest absolute Gasteiger partial charge is 0.390 e. The molecule has 0 radical (unpaired) electrons. The highest BCUT2D eigenvalue weighted by Gasteiger charge is 2.07. The van der Waals surface area contributed by atoms with E-state index in [1.807, 2.05) is 30.3 Å². The standard InChI is InChI=1S/C13H11N3O/c17-8-10-7-15-13(16-10)11-5-1-3-9-4-2-6-14-12(9)11/h1-7,17H,8H2,(H,15,16). The molecule has 0 aliphatic carbocycles. The first-order valence-corrected chi connectivity index (χ1v) is 5.37. The van der Waals surface area contributed by atoms with E-state index in [0.717, 1.165) is 22.3 Å².